The normalized spacial score (nSPS) is 10.6. The van der Waals surface area contributed by atoms with Gasteiger partial charge in [-0.05, 0) is 43.5 Å². The number of anilines is 2. The first-order valence-corrected chi connectivity index (χ1v) is 6.23. The predicted molar refractivity (Wildman–Crippen MR) is 75.7 cm³/mol. The molecule has 1 aromatic carbocycles. The van der Waals surface area contributed by atoms with Crippen molar-refractivity contribution in [3.63, 3.8) is 0 Å². The number of nitrogen functional groups attached to an aromatic ring is 1. The minimum absolute atomic E-state index is 0.820. The summed E-state index contributed by atoms with van der Waals surface area (Å²) in [6, 6.07) is 4.13. The van der Waals surface area contributed by atoms with E-state index in [4.69, 9.17) is 5.73 Å². The number of imidazole rings is 1. The molecule has 0 aliphatic rings. The number of aryl methyl sites for hydroxylation is 3. The number of nitrogens with one attached hydrogen (secondary N) is 1. The fourth-order valence-corrected chi connectivity index (χ4v) is 1.90. The van der Waals surface area contributed by atoms with Crippen molar-refractivity contribution in [1.29, 1.82) is 0 Å². The average molecular weight is 244 g/mol. The lowest BCUT2D eigenvalue weighted by atomic mass is 10.1. The van der Waals surface area contributed by atoms with E-state index in [2.05, 4.69) is 34.8 Å². The Labute approximate surface area is 108 Å². The van der Waals surface area contributed by atoms with Crippen molar-refractivity contribution >= 4 is 11.4 Å². The second-order valence-corrected chi connectivity index (χ2v) is 4.60. The quantitative estimate of drug-likeness (QED) is 0.628. The molecular weight excluding hydrogens is 224 g/mol. The fourth-order valence-electron chi connectivity index (χ4n) is 1.90. The SMILES string of the molecule is Cc1cc(N)c(NCCCn2ccnc2)cc1C. The number of hydrogen-bond acceptors (Lipinski definition) is 3. The van der Waals surface area contributed by atoms with Gasteiger partial charge in [-0.2, -0.15) is 0 Å². The van der Waals surface area contributed by atoms with Gasteiger partial charge in [-0.15, -0.1) is 0 Å². The first kappa shape index (κ1) is 12.5. The fraction of sp³-hybridized carbons (Fsp3) is 0.357. The molecule has 2 aromatic rings. The van der Waals surface area contributed by atoms with Crippen LogP contribution >= 0.6 is 0 Å². The van der Waals surface area contributed by atoms with Crippen molar-refractivity contribution in [3.8, 4) is 0 Å². The molecule has 0 bridgehead atoms. The molecule has 96 valence electrons. The Morgan fingerprint density at radius 2 is 2.06 bits per heavy atom. The molecule has 4 heteroatoms. The Hall–Kier alpha value is -1.97. The van der Waals surface area contributed by atoms with E-state index >= 15 is 0 Å². The maximum Gasteiger partial charge on any atom is 0.0945 e. The monoisotopic (exact) mass is 244 g/mol. The number of nitrogens with zero attached hydrogens (tertiary/aromatic N) is 2. The first-order valence-electron chi connectivity index (χ1n) is 6.23. The largest absolute Gasteiger partial charge is 0.397 e. The Kier molecular flexibility index (Phi) is 3.87. The lowest BCUT2D eigenvalue weighted by molar-refractivity contribution is 0.661. The maximum atomic E-state index is 5.99. The average Bonchev–Trinajstić information content (AvgIpc) is 2.84. The second-order valence-electron chi connectivity index (χ2n) is 4.60. The Balaban J connectivity index is 1.85. The van der Waals surface area contributed by atoms with Crippen LogP contribution in [0.25, 0.3) is 0 Å². The van der Waals surface area contributed by atoms with Gasteiger partial charge in [0, 0.05) is 25.5 Å². The van der Waals surface area contributed by atoms with Crippen molar-refractivity contribution in [1.82, 2.24) is 9.55 Å². The highest BCUT2D eigenvalue weighted by Crippen LogP contribution is 2.22. The summed E-state index contributed by atoms with van der Waals surface area (Å²) in [7, 11) is 0. The van der Waals surface area contributed by atoms with Crippen LogP contribution in [0.4, 0.5) is 11.4 Å². The van der Waals surface area contributed by atoms with Crippen molar-refractivity contribution in [2.24, 2.45) is 0 Å². The highest BCUT2D eigenvalue weighted by atomic mass is 15.0. The molecule has 0 saturated heterocycles. The Morgan fingerprint density at radius 1 is 1.28 bits per heavy atom. The van der Waals surface area contributed by atoms with Crippen LogP contribution in [0.2, 0.25) is 0 Å². The van der Waals surface area contributed by atoms with Crippen LogP contribution in [0, 0.1) is 13.8 Å². The Morgan fingerprint density at radius 3 is 2.78 bits per heavy atom. The third-order valence-corrected chi connectivity index (χ3v) is 3.13. The third kappa shape index (κ3) is 3.03. The van der Waals surface area contributed by atoms with Gasteiger partial charge in [0.15, 0.2) is 0 Å². The summed E-state index contributed by atoms with van der Waals surface area (Å²) in [4.78, 5) is 4.02. The molecule has 0 fully saturated rings. The van der Waals surface area contributed by atoms with Crippen molar-refractivity contribution in [3.05, 3.63) is 42.0 Å². The standard InChI is InChI=1S/C14H20N4/c1-11-8-13(15)14(9-12(11)2)17-4-3-6-18-7-5-16-10-18/h5,7-10,17H,3-4,6,15H2,1-2H3. The predicted octanol–water partition coefficient (Wildman–Crippen LogP) is 2.58. The van der Waals surface area contributed by atoms with Crippen LogP contribution in [-0.2, 0) is 6.54 Å². The van der Waals surface area contributed by atoms with E-state index in [1.54, 1.807) is 6.20 Å². The lowest BCUT2D eigenvalue weighted by Crippen LogP contribution is -2.08. The van der Waals surface area contributed by atoms with Gasteiger partial charge >= 0.3 is 0 Å². The van der Waals surface area contributed by atoms with Gasteiger partial charge < -0.3 is 15.6 Å². The van der Waals surface area contributed by atoms with Crippen LogP contribution in [0.1, 0.15) is 17.5 Å². The van der Waals surface area contributed by atoms with Gasteiger partial charge in [0.2, 0.25) is 0 Å². The number of nitrogens with two attached hydrogens (primary N) is 1. The molecular formula is C14H20N4. The van der Waals surface area contributed by atoms with E-state index in [1.807, 2.05) is 18.6 Å². The molecule has 0 aliphatic carbocycles. The zero-order valence-electron chi connectivity index (χ0n) is 11.0. The highest BCUT2D eigenvalue weighted by Gasteiger charge is 2.01. The second kappa shape index (κ2) is 5.58. The third-order valence-electron chi connectivity index (χ3n) is 3.13. The van der Waals surface area contributed by atoms with E-state index in [0.29, 0.717) is 0 Å². The molecule has 0 amide bonds. The first-order chi connectivity index (χ1) is 8.66. The minimum Gasteiger partial charge on any atom is -0.397 e. The van der Waals surface area contributed by atoms with Crippen molar-refractivity contribution < 1.29 is 0 Å². The van der Waals surface area contributed by atoms with Gasteiger partial charge in [-0.25, -0.2) is 4.98 Å². The summed E-state index contributed by atoms with van der Waals surface area (Å²) in [5.41, 5.74) is 10.3. The van der Waals surface area contributed by atoms with Gasteiger partial charge in [-0.3, -0.25) is 0 Å². The van der Waals surface area contributed by atoms with Gasteiger partial charge in [0.25, 0.3) is 0 Å². The van der Waals surface area contributed by atoms with E-state index in [9.17, 15) is 0 Å². The summed E-state index contributed by atoms with van der Waals surface area (Å²) in [6.45, 7) is 6.06. The highest BCUT2D eigenvalue weighted by molar-refractivity contribution is 5.68. The summed E-state index contributed by atoms with van der Waals surface area (Å²) in [5.74, 6) is 0. The van der Waals surface area contributed by atoms with Crippen LogP contribution in [0.3, 0.4) is 0 Å². The molecule has 0 aliphatic heterocycles. The molecule has 0 radical (unpaired) electrons. The molecule has 3 N–H and O–H groups in total. The molecule has 0 atom stereocenters. The smallest absolute Gasteiger partial charge is 0.0945 e. The summed E-state index contributed by atoms with van der Waals surface area (Å²) in [5, 5.41) is 3.38. The maximum absolute atomic E-state index is 5.99. The van der Waals surface area contributed by atoms with E-state index in [0.717, 1.165) is 30.9 Å². The molecule has 4 nitrogen and oxygen atoms in total. The number of rotatable bonds is 5. The molecule has 2 rings (SSSR count). The summed E-state index contributed by atoms with van der Waals surface area (Å²) >= 11 is 0. The Bertz CT molecular complexity index is 503. The van der Waals surface area contributed by atoms with E-state index in [-0.39, 0.29) is 0 Å². The summed E-state index contributed by atoms with van der Waals surface area (Å²) in [6.07, 6.45) is 6.66. The number of benzene rings is 1. The minimum atomic E-state index is 0.820. The molecule has 1 heterocycles. The molecule has 18 heavy (non-hydrogen) atoms. The van der Waals surface area contributed by atoms with Gasteiger partial charge in [0.1, 0.15) is 0 Å². The van der Waals surface area contributed by atoms with Gasteiger partial charge in [0.05, 0.1) is 17.7 Å². The molecule has 0 unspecified atom stereocenters. The van der Waals surface area contributed by atoms with Gasteiger partial charge in [-0.1, -0.05) is 0 Å². The zero-order chi connectivity index (χ0) is 13.0. The molecule has 0 spiro atoms. The topological polar surface area (TPSA) is 55.9 Å². The van der Waals surface area contributed by atoms with Crippen LogP contribution in [-0.4, -0.2) is 16.1 Å². The van der Waals surface area contributed by atoms with Crippen LogP contribution in [0.15, 0.2) is 30.9 Å². The van der Waals surface area contributed by atoms with Crippen LogP contribution < -0.4 is 11.1 Å². The van der Waals surface area contributed by atoms with Crippen molar-refractivity contribution in [2.75, 3.05) is 17.6 Å². The molecule has 0 saturated carbocycles. The van der Waals surface area contributed by atoms with Crippen molar-refractivity contribution in [2.45, 2.75) is 26.8 Å². The lowest BCUT2D eigenvalue weighted by Gasteiger charge is -2.12. The van der Waals surface area contributed by atoms with E-state index in [1.165, 1.54) is 11.1 Å². The molecule has 1 aromatic heterocycles. The number of hydrogen-bond donors (Lipinski definition) is 2. The zero-order valence-corrected chi connectivity index (χ0v) is 11.0. The number of aromatic nitrogens is 2. The summed E-state index contributed by atoms with van der Waals surface area (Å²) < 4.78 is 2.07. The van der Waals surface area contributed by atoms with E-state index < -0.39 is 0 Å². The van der Waals surface area contributed by atoms with Crippen LogP contribution in [0.5, 0.6) is 0 Å².